The van der Waals surface area contributed by atoms with Gasteiger partial charge in [-0.2, -0.15) is 11.8 Å². The molecule has 0 heterocycles. The third-order valence-electron chi connectivity index (χ3n) is 2.40. The first-order valence-corrected chi connectivity index (χ1v) is 7.20. The van der Waals surface area contributed by atoms with E-state index in [2.05, 4.69) is 5.32 Å². The van der Waals surface area contributed by atoms with Crippen LogP contribution in [0.1, 0.15) is 12.8 Å². The number of hydrogen-bond donors (Lipinski definition) is 2. The first-order chi connectivity index (χ1) is 9.13. The molecule has 0 radical (unpaired) electrons. The average molecular weight is 286 g/mol. The van der Waals surface area contributed by atoms with Crippen LogP contribution < -0.4 is 11.1 Å². The van der Waals surface area contributed by atoms with Gasteiger partial charge in [-0.25, -0.2) is 4.39 Å². The summed E-state index contributed by atoms with van der Waals surface area (Å²) in [4.78, 5) is 11.6. The number of carbonyl (C=O) groups is 1. The van der Waals surface area contributed by atoms with Crippen LogP contribution in [-0.2, 0) is 9.53 Å². The smallest absolute Gasteiger partial charge is 0.225 e. The van der Waals surface area contributed by atoms with E-state index in [0.717, 1.165) is 24.5 Å². The van der Waals surface area contributed by atoms with Crippen LogP contribution in [-0.4, -0.2) is 31.1 Å². The minimum Gasteiger partial charge on any atom is -0.397 e. The third-order valence-corrected chi connectivity index (χ3v) is 3.47. The molecular weight excluding hydrogens is 267 g/mol. The molecule has 106 valence electrons. The molecule has 1 rings (SSSR count). The van der Waals surface area contributed by atoms with Gasteiger partial charge in [-0.1, -0.05) is 0 Å². The van der Waals surface area contributed by atoms with E-state index < -0.39 is 5.82 Å². The molecule has 0 saturated carbocycles. The Labute approximate surface area is 116 Å². The van der Waals surface area contributed by atoms with Gasteiger partial charge in [-0.15, -0.1) is 0 Å². The number of halogens is 1. The van der Waals surface area contributed by atoms with Crippen molar-refractivity contribution in [1.29, 1.82) is 0 Å². The maximum absolute atomic E-state index is 12.8. The van der Waals surface area contributed by atoms with Crippen LogP contribution in [0.4, 0.5) is 15.8 Å². The molecule has 4 nitrogen and oxygen atoms in total. The number of nitrogen functional groups attached to an aromatic ring is 1. The zero-order valence-corrected chi connectivity index (χ0v) is 11.8. The van der Waals surface area contributed by atoms with E-state index in [1.165, 1.54) is 18.2 Å². The van der Waals surface area contributed by atoms with Crippen LogP contribution in [0, 0.1) is 5.82 Å². The van der Waals surface area contributed by atoms with Crippen LogP contribution in [0.2, 0.25) is 0 Å². The van der Waals surface area contributed by atoms with Gasteiger partial charge in [0.05, 0.1) is 11.4 Å². The van der Waals surface area contributed by atoms with Crippen LogP contribution in [0.15, 0.2) is 18.2 Å². The van der Waals surface area contributed by atoms with Crippen LogP contribution in [0.25, 0.3) is 0 Å². The summed E-state index contributed by atoms with van der Waals surface area (Å²) in [7, 11) is 1.67. The highest BCUT2D eigenvalue weighted by Gasteiger charge is 2.06. The third kappa shape index (κ3) is 6.45. The zero-order valence-electron chi connectivity index (χ0n) is 10.9. The molecule has 0 bridgehead atoms. The van der Waals surface area contributed by atoms with Gasteiger partial charge in [-0.05, 0) is 30.4 Å². The Morgan fingerprint density at radius 3 is 2.95 bits per heavy atom. The standard InChI is InChI=1S/C13H19FN2O2S/c1-18-6-2-7-19-8-5-13(17)16-12-4-3-10(14)9-11(12)15/h3-4,9H,2,5-8,15H2,1H3,(H,16,17). The van der Waals surface area contributed by atoms with Gasteiger partial charge in [0.15, 0.2) is 0 Å². The molecule has 1 aromatic rings. The van der Waals surface area contributed by atoms with Gasteiger partial charge in [0, 0.05) is 25.9 Å². The molecule has 1 amide bonds. The number of carbonyl (C=O) groups excluding carboxylic acids is 1. The molecule has 0 spiro atoms. The Morgan fingerprint density at radius 2 is 2.26 bits per heavy atom. The number of methoxy groups -OCH3 is 1. The van der Waals surface area contributed by atoms with Crippen molar-refractivity contribution in [3.63, 3.8) is 0 Å². The molecule has 0 aliphatic rings. The highest BCUT2D eigenvalue weighted by Crippen LogP contribution is 2.19. The molecular formula is C13H19FN2O2S. The van der Waals surface area contributed by atoms with Crippen LogP contribution >= 0.6 is 11.8 Å². The summed E-state index contributed by atoms with van der Waals surface area (Å²) < 4.78 is 17.8. The zero-order chi connectivity index (χ0) is 14.1. The lowest BCUT2D eigenvalue weighted by Gasteiger charge is -2.08. The summed E-state index contributed by atoms with van der Waals surface area (Å²) in [6, 6.07) is 3.93. The molecule has 6 heteroatoms. The van der Waals surface area contributed by atoms with Crippen molar-refractivity contribution in [1.82, 2.24) is 0 Å². The molecule has 0 aliphatic heterocycles. The van der Waals surface area contributed by atoms with Crippen LogP contribution in [0.3, 0.4) is 0 Å². The highest BCUT2D eigenvalue weighted by molar-refractivity contribution is 7.99. The number of thioether (sulfide) groups is 1. The fraction of sp³-hybridized carbons (Fsp3) is 0.462. The van der Waals surface area contributed by atoms with Gasteiger partial charge in [0.2, 0.25) is 5.91 Å². The fourth-order valence-corrected chi connectivity index (χ4v) is 2.29. The van der Waals surface area contributed by atoms with Gasteiger partial charge >= 0.3 is 0 Å². The Morgan fingerprint density at radius 1 is 1.47 bits per heavy atom. The van der Waals surface area contributed by atoms with E-state index in [1.54, 1.807) is 18.9 Å². The summed E-state index contributed by atoms with van der Waals surface area (Å²) in [5.74, 6) is 1.19. The lowest BCUT2D eigenvalue weighted by molar-refractivity contribution is -0.115. The number of benzene rings is 1. The number of amides is 1. The summed E-state index contributed by atoms with van der Waals surface area (Å²) >= 11 is 1.71. The van der Waals surface area contributed by atoms with Crippen molar-refractivity contribution in [2.75, 3.05) is 36.3 Å². The largest absolute Gasteiger partial charge is 0.397 e. The predicted octanol–water partition coefficient (Wildman–Crippen LogP) is 2.51. The summed E-state index contributed by atoms with van der Waals surface area (Å²) in [6.07, 6.45) is 1.39. The van der Waals surface area contributed by atoms with E-state index in [-0.39, 0.29) is 11.6 Å². The second-order valence-electron chi connectivity index (χ2n) is 3.99. The number of anilines is 2. The first kappa shape index (κ1) is 15.8. The summed E-state index contributed by atoms with van der Waals surface area (Å²) in [5.41, 5.74) is 6.30. The molecule has 0 unspecified atom stereocenters. The van der Waals surface area contributed by atoms with E-state index in [0.29, 0.717) is 12.1 Å². The summed E-state index contributed by atoms with van der Waals surface area (Å²) in [5, 5.41) is 2.67. The van der Waals surface area contributed by atoms with Crippen molar-refractivity contribution >= 4 is 29.0 Å². The fourth-order valence-electron chi connectivity index (χ4n) is 1.43. The van der Waals surface area contributed by atoms with Gasteiger partial charge in [-0.3, -0.25) is 4.79 Å². The molecule has 0 aliphatic carbocycles. The maximum atomic E-state index is 12.8. The first-order valence-electron chi connectivity index (χ1n) is 6.05. The molecule has 0 saturated heterocycles. The quantitative estimate of drug-likeness (QED) is 0.569. The number of nitrogens with one attached hydrogen (secondary N) is 1. The minimum absolute atomic E-state index is 0.113. The van der Waals surface area contributed by atoms with Gasteiger partial charge in [0.1, 0.15) is 5.82 Å². The van der Waals surface area contributed by atoms with Gasteiger partial charge < -0.3 is 15.8 Å². The lowest BCUT2D eigenvalue weighted by atomic mass is 10.2. The van der Waals surface area contributed by atoms with Crippen molar-refractivity contribution in [3.05, 3.63) is 24.0 Å². The van der Waals surface area contributed by atoms with Gasteiger partial charge in [0.25, 0.3) is 0 Å². The molecule has 1 aromatic carbocycles. The average Bonchev–Trinajstić information content (AvgIpc) is 2.37. The summed E-state index contributed by atoms with van der Waals surface area (Å²) in [6.45, 7) is 0.741. The normalized spacial score (nSPS) is 10.4. The van der Waals surface area contributed by atoms with E-state index >= 15 is 0 Å². The molecule has 3 N–H and O–H groups in total. The van der Waals surface area contributed by atoms with E-state index in [4.69, 9.17) is 10.5 Å². The highest BCUT2D eigenvalue weighted by atomic mass is 32.2. The van der Waals surface area contributed by atoms with Crippen molar-refractivity contribution in [3.8, 4) is 0 Å². The maximum Gasteiger partial charge on any atom is 0.225 e. The molecule has 0 atom stereocenters. The number of nitrogens with two attached hydrogens (primary N) is 1. The van der Waals surface area contributed by atoms with Crippen LogP contribution in [0.5, 0.6) is 0 Å². The Hall–Kier alpha value is -1.27. The number of hydrogen-bond acceptors (Lipinski definition) is 4. The Bertz CT molecular complexity index is 416. The van der Waals surface area contributed by atoms with Crippen molar-refractivity contribution in [2.45, 2.75) is 12.8 Å². The Balaban J connectivity index is 2.23. The molecule has 19 heavy (non-hydrogen) atoms. The minimum atomic E-state index is -0.413. The predicted molar refractivity (Wildman–Crippen MR) is 77.9 cm³/mol. The van der Waals surface area contributed by atoms with E-state index in [9.17, 15) is 9.18 Å². The second-order valence-corrected chi connectivity index (χ2v) is 5.21. The molecule has 0 aromatic heterocycles. The van der Waals surface area contributed by atoms with Crippen molar-refractivity contribution in [2.24, 2.45) is 0 Å². The molecule has 0 fully saturated rings. The monoisotopic (exact) mass is 286 g/mol. The number of ether oxygens (including phenoxy) is 1. The van der Waals surface area contributed by atoms with Crippen molar-refractivity contribution < 1.29 is 13.9 Å². The second kappa shape index (κ2) is 8.77. The van der Waals surface area contributed by atoms with E-state index in [1.807, 2.05) is 0 Å². The topological polar surface area (TPSA) is 64.3 Å². The lowest BCUT2D eigenvalue weighted by Crippen LogP contribution is -2.13. The Kier molecular flexibility index (Phi) is 7.28. The number of rotatable bonds is 8. The SMILES string of the molecule is COCCCSCCC(=O)Nc1ccc(F)cc1N.